The molecule has 160 valence electrons. The average Bonchev–Trinajstić information content (AvgIpc) is 3.24. The van der Waals surface area contributed by atoms with E-state index >= 15 is 0 Å². The zero-order valence-electron chi connectivity index (χ0n) is 18.3. The summed E-state index contributed by atoms with van der Waals surface area (Å²) >= 11 is 0. The van der Waals surface area contributed by atoms with E-state index in [1.807, 2.05) is 0 Å². The van der Waals surface area contributed by atoms with E-state index in [1.54, 1.807) is 0 Å². The summed E-state index contributed by atoms with van der Waals surface area (Å²) in [6, 6.07) is 19.1. The van der Waals surface area contributed by atoms with Crippen molar-refractivity contribution < 1.29 is 9.15 Å². The Morgan fingerprint density at radius 1 is 0.903 bits per heavy atom. The number of aryl methyl sites for hydroxylation is 1. The van der Waals surface area contributed by atoms with E-state index in [1.165, 1.54) is 35.8 Å². The SMILES string of the molecule is CCCCCCc1nc2ccccc2c2c(-c3ccccc3)c(N3CCOCC3)oc12. The van der Waals surface area contributed by atoms with Gasteiger partial charge in [0.2, 0.25) is 5.88 Å². The van der Waals surface area contributed by atoms with Crippen LogP contribution in [-0.4, -0.2) is 31.3 Å². The van der Waals surface area contributed by atoms with Crippen molar-refractivity contribution in [3.05, 3.63) is 60.3 Å². The first kappa shape index (κ1) is 20.1. The molecule has 5 rings (SSSR count). The van der Waals surface area contributed by atoms with E-state index in [4.69, 9.17) is 14.1 Å². The second kappa shape index (κ2) is 9.11. The van der Waals surface area contributed by atoms with E-state index in [2.05, 4.69) is 66.4 Å². The molecule has 2 aromatic carbocycles. The summed E-state index contributed by atoms with van der Waals surface area (Å²) in [4.78, 5) is 7.39. The Balaban J connectivity index is 1.75. The number of hydrogen-bond donors (Lipinski definition) is 0. The van der Waals surface area contributed by atoms with Crippen molar-refractivity contribution in [2.45, 2.75) is 39.0 Å². The van der Waals surface area contributed by atoms with Gasteiger partial charge in [0.15, 0.2) is 5.58 Å². The van der Waals surface area contributed by atoms with Crippen LogP contribution in [0.4, 0.5) is 5.88 Å². The van der Waals surface area contributed by atoms with Crippen LogP contribution in [-0.2, 0) is 11.2 Å². The molecule has 0 spiro atoms. The van der Waals surface area contributed by atoms with Crippen molar-refractivity contribution in [2.75, 3.05) is 31.2 Å². The molecule has 1 saturated heterocycles. The van der Waals surface area contributed by atoms with Gasteiger partial charge in [-0.15, -0.1) is 0 Å². The fraction of sp³-hybridized carbons (Fsp3) is 0.370. The molecule has 3 heterocycles. The molecule has 0 bridgehead atoms. The highest BCUT2D eigenvalue weighted by atomic mass is 16.5. The molecule has 4 aromatic rings. The Labute approximate surface area is 183 Å². The lowest BCUT2D eigenvalue weighted by molar-refractivity contribution is 0.121. The van der Waals surface area contributed by atoms with Crippen LogP contribution in [0.5, 0.6) is 0 Å². The van der Waals surface area contributed by atoms with Crippen LogP contribution in [0.3, 0.4) is 0 Å². The maximum Gasteiger partial charge on any atom is 0.204 e. The fourth-order valence-electron chi connectivity index (χ4n) is 4.61. The van der Waals surface area contributed by atoms with Crippen molar-refractivity contribution in [3.63, 3.8) is 0 Å². The van der Waals surface area contributed by atoms with Gasteiger partial charge in [0.1, 0.15) is 0 Å². The topological polar surface area (TPSA) is 38.5 Å². The van der Waals surface area contributed by atoms with Crippen LogP contribution in [0.25, 0.3) is 33.0 Å². The predicted molar refractivity (Wildman–Crippen MR) is 128 cm³/mol. The van der Waals surface area contributed by atoms with Crippen LogP contribution >= 0.6 is 0 Å². The maximum absolute atomic E-state index is 6.70. The molecular weight excluding hydrogens is 384 g/mol. The molecule has 1 fully saturated rings. The van der Waals surface area contributed by atoms with Crippen molar-refractivity contribution in [1.82, 2.24) is 4.98 Å². The molecular formula is C27H30N2O2. The third-order valence-electron chi connectivity index (χ3n) is 6.21. The first-order chi connectivity index (χ1) is 15.4. The van der Waals surface area contributed by atoms with Gasteiger partial charge >= 0.3 is 0 Å². The van der Waals surface area contributed by atoms with Gasteiger partial charge in [0.05, 0.1) is 30.0 Å². The number of furan rings is 1. The number of rotatable bonds is 7. The predicted octanol–water partition coefficient (Wildman–Crippen LogP) is 6.61. The standard InChI is InChI=1S/C27H30N2O2/c1-2-3-4-8-15-23-26-25(21-13-9-10-14-22(21)28-23)24(20-11-6-5-7-12-20)27(31-26)29-16-18-30-19-17-29/h5-7,9-14H,2-4,8,15-19H2,1H3. The smallest absolute Gasteiger partial charge is 0.204 e. The van der Waals surface area contributed by atoms with Crippen LogP contribution in [0.1, 0.15) is 38.3 Å². The Morgan fingerprint density at radius 2 is 1.68 bits per heavy atom. The Kier molecular flexibility index (Phi) is 5.90. The minimum absolute atomic E-state index is 0.730. The quantitative estimate of drug-likeness (QED) is 0.319. The lowest BCUT2D eigenvalue weighted by Gasteiger charge is -2.27. The van der Waals surface area contributed by atoms with E-state index in [0.29, 0.717) is 0 Å². The van der Waals surface area contributed by atoms with Gasteiger partial charge in [-0.2, -0.15) is 0 Å². The number of morpholine rings is 1. The van der Waals surface area contributed by atoms with E-state index < -0.39 is 0 Å². The molecule has 0 N–H and O–H groups in total. The number of nitrogens with zero attached hydrogens (tertiary/aromatic N) is 2. The van der Waals surface area contributed by atoms with Crippen LogP contribution in [0, 0.1) is 0 Å². The average molecular weight is 415 g/mol. The molecule has 31 heavy (non-hydrogen) atoms. The number of anilines is 1. The lowest BCUT2D eigenvalue weighted by Crippen LogP contribution is -2.36. The number of hydrogen-bond acceptors (Lipinski definition) is 4. The van der Waals surface area contributed by atoms with E-state index in [0.717, 1.165) is 67.2 Å². The van der Waals surface area contributed by atoms with Gasteiger partial charge < -0.3 is 14.1 Å². The number of aromatic nitrogens is 1. The van der Waals surface area contributed by atoms with E-state index in [-0.39, 0.29) is 0 Å². The van der Waals surface area contributed by atoms with Crippen molar-refractivity contribution in [2.24, 2.45) is 0 Å². The summed E-state index contributed by atoms with van der Waals surface area (Å²) < 4.78 is 12.3. The highest BCUT2D eigenvalue weighted by Gasteiger charge is 2.26. The minimum atomic E-state index is 0.730. The number of ether oxygens (including phenoxy) is 1. The molecule has 0 saturated carbocycles. The molecule has 4 heteroatoms. The highest BCUT2D eigenvalue weighted by Crippen LogP contribution is 2.44. The second-order valence-electron chi connectivity index (χ2n) is 8.34. The molecule has 0 amide bonds. The highest BCUT2D eigenvalue weighted by molar-refractivity contribution is 6.15. The van der Waals surface area contributed by atoms with Crippen LogP contribution in [0.2, 0.25) is 0 Å². The summed E-state index contributed by atoms with van der Waals surface area (Å²) in [5.74, 6) is 0.956. The summed E-state index contributed by atoms with van der Waals surface area (Å²) in [5, 5.41) is 2.36. The molecule has 0 aliphatic carbocycles. The number of pyridine rings is 1. The van der Waals surface area contributed by atoms with Gasteiger partial charge in [-0.25, -0.2) is 4.98 Å². The Morgan fingerprint density at radius 3 is 2.48 bits per heavy atom. The molecule has 1 aliphatic rings. The first-order valence-corrected chi connectivity index (χ1v) is 11.6. The second-order valence-corrected chi connectivity index (χ2v) is 8.34. The first-order valence-electron chi connectivity index (χ1n) is 11.6. The Bertz CT molecular complexity index is 1160. The summed E-state index contributed by atoms with van der Waals surface area (Å²) in [6.45, 7) is 5.40. The number of para-hydroxylation sites is 1. The van der Waals surface area contributed by atoms with Gasteiger partial charge in [-0.05, 0) is 24.5 Å². The monoisotopic (exact) mass is 414 g/mol. The third kappa shape index (κ3) is 3.92. The maximum atomic E-state index is 6.70. The lowest BCUT2D eigenvalue weighted by atomic mass is 9.98. The van der Waals surface area contributed by atoms with Crippen LogP contribution < -0.4 is 4.90 Å². The molecule has 2 aromatic heterocycles. The minimum Gasteiger partial charge on any atom is -0.438 e. The molecule has 0 unspecified atom stereocenters. The number of unbranched alkanes of at least 4 members (excludes halogenated alkanes) is 3. The molecule has 1 aliphatic heterocycles. The summed E-state index contributed by atoms with van der Waals surface area (Å²) in [7, 11) is 0. The zero-order valence-corrected chi connectivity index (χ0v) is 18.3. The van der Waals surface area contributed by atoms with Gasteiger partial charge in [-0.1, -0.05) is 74.7 Å². The van der Waals surface area contributed by atoms with Crippen molar-refractivity contribution in [3.8, 4) is 11.1 Å². The largest absolute Gasteiger partial charge is 0.438 e. The van der Waals surface area contributed by atoms with Gasteiger partial charge in [0, 0.05) is 23.9 Å². The molecule has 0 atom stereocenters. The fourth-order valence-corrected chi connectivity index (χ4v) is 4.61. The molecule has 4 nitrogen and oxygen atoms in total. The van der Waals surface area contributed by atoms with Crippen molar-refractivity contribution >= 4 is 27.8 Å². The summed E-state index contributed by atoms with van der Waals surface area (Å²) in [5.41, 5.74) is 5.46. The van der Waals surface area contributed by atoms with Gasteiger partial charge in [-0.3, -0.25) is 0 Å². The summed E-state index contributed by atoms with van der Waals surface area (Å²) in [6.07, 6.45) is 5.83. The number of benzene rings is 2. The normalized spacial score (nSPS) is 14.5. The molecule has 0 radical (unpaired) electrons. The zero-order chi connectivity index (χ0) is 21.0. The van der Waals surface area contributed by atoms with Crippen molar-refractivity contribution in [1.29, 1.82) is 0 Å². The number of fused-ring (bicyclic) bond motifs is 3. The van der Waals surface area contributed by atoms with Gasteiger partial charge in [0.25, 0.3) is 0 Å². The Hall–Kier alpha value is -2.85. The third-order valence-corrected chi connectivity index (χ3v) is 6.21. The van der Waals surface area contributed by atoms with E-state index in [9.17, 15) is 0 Å². The van der Waals surface area contributed by atoms with Crippen LogP contribution in [0.15, 0.2) is 59.0 Å².